The average molecular weight is 258 g/mol. The van der Waals surface area contributed by atoms with Gasteiger partial charge in [0.05, 0.1) is 7.11 Å². The Kier molecular flexibility index (Phi) is 3.59. The van der Waals surface area contributed by atoms with E-state index >= 15 is 0 Å². The summed E-state index contributed by atoms with van der Waals surface area (Å²) in [6.07, 6.45) is -9.96. The van der Waals surface area contributed by atoms with E-state index in [1.54, 1.807) is 0 Å². The van der Waals surface area contributed by atoms with Gasteiger partial charge >= 0.3 is 6.18 Å². The maximum Gasteiger partial charge on any atom is 0.432 e. The molecule has 0 spiro atoms. The summed E-state index contributed by atoms with van der Waals surface area (Å²) in [7, 11) is 0.973. The highest BCUT2D eigenvalue weighted by Gasteiger charge is 2.65. The zero-order valence-electron chi connectivity index (χ0n) is 8.56. The van der Waals surface area contributed by atoms with E-state index in [9.17, 15) is 26.3 Å². The Morgan fingerprint density at radius 1 is 1.06 bits per heavy atom. The van der Waals surface area contributed by atoms with Crippen LogP contribution in [-0.4, -0.2) is 19.7 Å². The molecule has 0 aliphatic rings. The summed E-state index contributed by atoms with van der Waals surface area (Å²) < 4.78 is 80.3. The molecule has 0 amide bonds. The van der Waals surface area contributed by atoms with Gasteiger partial charge in [-0.25, -0.2) is 13.2 Å². The van der Waals surface area contributed by atoms with Crippen molar-refractivity contribution in [3.8, 4) is 5.75 Å². The standard InChI is InChI=1S/C10H8F6O/c1-17-7-5-3-2-4-6(7)9(13,8(11)12)10(14,15)16/h2-5,8H,1H3. The van der Waals surface area contributed by atoms with Gasteiger partial charge in [0, 0.05) is 5.56 Å². The van der Waals surface area contributed by atoms with Crippen LogP contribution in [0.5, 0.6) is 5.75 Å². The summed E-state index contributed by atoms with van der Waals surface area (Å²) in [5.41, 5.74) is -5.97. The summed E-state index contributed by atoms with van der Waals surface area (Å²) in [5.74, 6) is -0.576. The number of para-hydroxylation sites is 1. The number of halogens is 6. The van der Waals surface area contributed by atoms with Crippen LogP contribution >= 0.6 is 0 Å². The predicted octanol–water partition coefficient (Wildman–Crippen LogP) is 3.69. The van der Waals surface area contributed by atoms with Gasteiger partial charge in [0.25, 0.3) is 12.1 Å². The monoisotopic (exact) mass is 258 g/mol. The Morgan fingerprint density at radius 3 is 2.00 bits per heavy atom. The topological polar surface area (TPSA) is 9.23 Å². The number of rotatable bonds is 3. The van der Waals surface area contributed by atoms with Crippen LogP contribution in [0.4, 0.5) is 26.3 Å². The molecule has 7 heteroatoms. The maximum absolute atomic E-state index is 13.6. The molecule has 96 valence electrons. The minimum absolute atomic E-state index is 0.576. The van der Waals surface area contributed by atoms with Crippen molar-refractivity contribution < 1.29 is 31.1 Å². The first-order valence-corrected chi connectivity index (χ1v) is 4.42. The van der Waals surface area contributed by atoms with Crippen LogP contribution in [0.3, 0.4) is 0 Å². The zero-order chi connectivity index (χ0) is 13.3. The van der Waals surface area contributed by atoms with E-state index in [-0.39, 0.29) is 0 Å². The molecular formula is C10H8F6O. The van der Waals surface area contributed by atoms with E-state index in [0.717, 1.165) is 19.2 Å². The second-order valence-corrected chi connectivity index (χ2v) is 3.21. The Hall–Kier alpha value is -1.40. The molecule has 0 saturated carbocycles. The van der Waals surface area contributed by atoms with Crippen LogP contribution < -0.4 is 4.74 Å². The van der Waals surface area contributed by atoms with Gasteiger partial charge in [0.1, 0.15) is 5.75 Å². The Morgan fingerprint density at radius 2 is 1.59 bits per heavy atom. The molecule has 1 atom stereocenters. The number of hydrogen-bond donors (Lipinski definition) is 0. The summed E-state index contributed by atoms with van der Waals surface area (Å²) in [6.45, 7) is 0. The van der Waals surface area contributed by atoms with Gasteiger partial charge in [-0.15, -0.1) is 0 Å². The molecule has 1 aromatic rings. The number of benzene rings is 1. The first-order valence-electron chi connectivity index (χ1n) is 4.42. The van der Waals surface area contributed by atoms with E-state index in [1.165, 1.54) is 6.07 Å². The fraction of sp³-hybridized carbons (Fsp3) is 0.400. The third-order valence-electron chi connectivity index (χ3n) is 2.21. The summed E-state index contributed by atoms with van der Waals surface area (Å²) >= 11 is 0. The molecule has 1 unspecified atom stereocenters. The van der Waals surface area contributed by atoms with Crippen LogP contribution in [0.25, 0.3) is 0 Å². The lowest BCUT2D eigenvalue weighted by atomic mass is 9.94. The lowest BCUT2D eigenvalue weighted by Gasteiger charge is -2.28. The van der Waals surface area contributed by atoms with Gasteiger partial charge in [0.15, 0.2) is 0 Å². The third-order valence-corrected chi connectivity index (χ3v) is 2.21. The van der Waals surface area contributed by atoms with Crippen molar-refractivity contribution in [1.82, 2.24) is 0 Å². The lowest BCUT2D eigenvalue weighted by Crippen LogP contribution is -2.44. The molecule has 1 nitrogen and oxygen atoms in total. The van der Waals surface area contributed by atoms with Crippen molar-refractivity contribution in [2.75, 3.05) is 7.11 Å². The van der Waals surface area contributed by atoms with Crippen LogP contribution in [0.2, 0.25) is 0 Å². The van der Waals surface area contributed by atoms with E-state index in [1.807, 2.05) is 0 Å². The van der Waals surface area contributed by atoms with Gasteiger partial charge < -0.3 is 4.74 Å². The molecule has 0 aliphatic heterocycles. The second-order valence-electron chi connectivity index (χ2n) is 3.21. The maximum atomic E-state index is 13.6. The number of alkyl halides is 6. The largest absolute Gasteiger partial charge is 0.496 e. The number of hydrogen-bond acceptors (Lipinski definition) is 1. The number of methoxy groups -OCH3 is 1. The van der Waals surface area contributed by atoms with Crippen LogP contribution in [0, 0.1) is 0 Å². The Labute approximate surface area is 93.0 Å². The molecule has 1 aromatic carbocycles. The van der Waals surface area contributed by atoms with Gasteiger partial charge in [-0.3, -0.25) is 0 Å². The normalized spacial score (nSPS) is 15.8. The van der Waals surface area contributed by atoms with Crippen molar-refractivity contribution >= 4 is 0 Å². The first kappa shape index (κ1) is 13.7. The van der Waals surface area contributed by atoms with E-state index in [4.69, 9.17) is 0 Å². The first-order chi connectivity index (χ1) is 7.75. The highest BCUT2D eigenvalue weighted by molar-refractivity contribution is 5.39. The van der Waals surface area contributed by atoms with Crippen molar-refractivity contribution in [3.05, 3.63) is 29.8 Å². The van der Waals surface area contributed by atoms with Crippen LogP contribution in [-0.2, 0) is 5.67 Å². The second kappa shape index (κ2) is 4.46. The van der Waals surface area contributed by atoms with Crippen LogP contribution in [0.1, 0.15) is 5.56 Å². The van der Waals surface area contributed by atoms with Crippen LogP contribution in [0.15, 0.2) is 24.3 Å². The summed E-state index contributed by atoms with van der Waals surface area (Å²) in [4.78, 5) is 0. The fourth-order valence-corrected chi connectivity index (χ4v) is 1.34. The molecular weight excluding hydrogens is 250 g/mol. The molecule has 0 fully saturated rings. The lowest BCUT2D eigenvalue weighted by molar-refractivity contribution is -0.274. The summed E-state index contributed by atoms with van der Waals surface area (Å²) in [5, 5.41) is 0. The van der Waals surface area contributed by atoms with Crippen molar-refractivity contribution in [2.45, 2.75) is 18.3 Å². The summed E-state index contributed by atoms with van der Waals surface area (Å²) in [6, 6.07) is 3.89. The van der Waals surface area contributed by atoms with Crippen molar-refractivity contribution in [1.29, 1.82) is 0 Å². The van der Waals surface area contributed by atoms with E-state index in [2.05, 4.69) is 4.74 Å². The molecule has 0 N–H and O–H groups in total. The molecule has 0 heterocycles. The van der Waals surface area contributed by atoms with Gasteiger partial charge in [-0.05, 0) is 6.07 Å². The molecule has 0 aliphatic carbocycles. The zero-order valence-corrected chi connectivity index (χ0v) is 8.56. The minimum Gasteiger partial charge on any atom is -0.496 e. The average Bonchev–Trinajstić information content (AvgIpc) is 2.26. The minimum atomic E-state index is -5.73. The third kappa shape index (κ3) is 2.18. The number of ether oxygens (including phenoxy) is 1. The molecule has 0 aromatic heterocycles. The Balaban J connectivity index is 3.43. The highest BCUT2D eigenvalue weighted by Crippen LogP contribution is 2.49. The molecule has 0 bridgehead atoms. The van der Waals surface area contributed by atoms with Crippen molar-refractivity contribution in [3.63, 3.8) is 0 Å². The molecule has 0 saturated heterocycles. The predicted molar refractivity (Wildman–Crippen MR) is 47.8 cm³/mol. The van der Waals surface area contributed by atoms with E-state index in [0.29, 0.717) is 6.07 Å². The van der Waals surface area contributed by atoms with Gasteiger partial charge in [0.2, 0.25) is 0 Å². The van der Waals surface area contributed by atoms with E-state index < -0.39 is 29.6 Å². The van der Waals surface area contributed by atoms with Gasteiger partial charge in [-0.1, -0.05) is 18.2 Å². The van der Waals surface area contributed by atoms with Gasteiger partial charge in [-0.2, -0.15) is 13.2 Å². The molecule has 17 heavy (non-hydrogen) atoms. The molecule has 0 radical (unpaired) electrons. The smallest absolute Gasteiger partial charge is 0.432 e. The fourth-order valence-electron chi connectivity index (χ4n) is 1.34. The molecule has 1 rings (SSSR count). The van der Waals surface area contributed by atoms with Crippen molar-refractivity contribution in [2.24, 2.45) is 0 Å². The quantitative estimate of drug-likeness (QED) is 0.751. The SMILES string of the molecule is COc1ccccc1C(F)(C(F)F)C(F)(F)F. The highest BCUT2D eigenvalue weighted by atomic mass is 19.4. The Bertz CT molecular complexity index is 389.